The Balaban J connectivity index is 1.95. The summed E-state index contributed by atoms with van der Waals surface area (Å²) < 4.78 is 0. The molecule has 100 valence electrons. The molecular weight excluding hydrogens is 222 g/mol. The van der Waals surface area contributed by atoms with Crippen molar-refractivity contribution in [1.82, 2.24) is 5.32 Å². The molecule has 1 saturated carbocycles. The largest absolute Gasteiger partial charge is 0.392 e. The predicted molar refractivity (Wildman–Crippen MR) is 75.6 cm³/mol. The van der Waals surface area contributed by atoms with Crippen LogP contribution in [0.15, 0.2) is 18.2 Å². The fraction of sp³-hybridized carbons (Fsp3) is 0.625. The van der Waals surface area contributed by atoms with Gasteiger partial charge in [-0.15, -0.1) is 0 Å². The van der Waals surface area contributed by atoms with Gasteiger partial charge in [0.2, 0.25) is 0 Å². The minimum absolute atomic E-state index is 0.169. The van der Waals surface area contributed by atoms with Crippen molar-refractivity contribution in [2.75, 3.05) is 0 Å². The Morgan fingerprint density at radius 3 is 2.78 bits per heavy atom. The Labute approximate surface area is 110 Å². The van der Waals surface area contributed by atoms with Crippen molar-refractivity contribution in [3.63, 3.8) is 0 Å². The fourth-order valence-electron chi connectivity index (χ4n) is 2.77. The molecule has 2 atom stereocenters. The second-order valence-electron chi connectivity index (χ2n) is 5.55. The van der Waals surface area contributed by atoms with Crippen molar-refractivity contribution < 1.29 is 5.11 Å². The maximum absolute atomic E-state index is 10.1. The normalized spacial score (nSPS) is 24.8. The molecule has 0 amide bonds. The van der Waals surface area contributed by atoms with Crippen molar-refractivity contribution in [3.8, 4) is 0 Å². The first-order valence-electron chi connectivity index (χ1n) is 7.15. The molecule has 0 aromatic heterocycles. The molecule has 1 aliphatic carbocycles. The maximum Gasteiger partial charge on any atom is 0.0693 e. The number of hydrogen-bond acceptors (Lipinski definition) is 2. The lowest BCUT2D eigenvalue weighted by Crippen LogP contribution is -2.38. The van der Waals surface area contributed by atoms with E-state index in [1.165, 1.54) is 36.0 Å². The van der Waals surface area contributed by atoms with Gasteiger partial charge in [0.05, 0.1) is 6.10 Å². The van der Waals surface area contributed by atoms with E-state index in [9.17, 15) is 5.11 Å². The van der Waals surface area contributed by atoms with Gasteiger partial charge in [-0.05, 0) is 43.4 Å². The smallest absolute Gasteiger partial charge is 0.0693 e. The zero-order chi connectivity index (χ0) is 13.0. The molecule has 1 aromatic rings. The quantitative estimate of drug-likeness (QED) is 0.805. The van der Waals surface area contributed by atoms with Crippen molar-refractivity contribution in [2.45, 2.75) is 64.6 Å². The molecule has 0 aliphatic heterocycles. The van der Waals surface area contributed by atoms with Crippen LogP contribution in [0, 0.1) is 13.8 Å². The summed E-state index contributed by atoms with van der Waals surface area (Å²) in [5.74, 6) is 0. The number of aryl methyl sites for hydroxylation is 1. The SMILES string of the molecule is Cc1cccc(CNC2CCCCCC2O)c1C. The minimum Gasteiger partial charge on any atom is -0.392 e. The lowest BCUT2D eigenvalue weighted by Gasteiger charge is -2.22. The highest BCUT2D eigenvalue weighted by Gasteiger charge is 2.20. The molecule has 1 fully saturated rings. The van der Waals surface area contributed by atoms with Crippen LogP contribution >= 0.6 is 0 Å². The standard InChI is InChI=1S/C16H25NO/c1-12-7-6-8-14(13(12)2)11-17-15-9-4-3-5-10-16(15)18/h6-8,15-18H,3-5,9-11H2,1-2H3. The van der Waals surface area contributed by atoms with E-state index in [0.717, 1.165) is 19.4 Å². The summed E-state index contributed by atoms with van der Waals surface area (Å²) in [6.07, 6.45) is 5.55. The molecule has 1 aliphatic rings. The number of hydrogen-bond donors (Lipinski definition) is 2. The lowest BCUT2D eigenvalue weighted by atomic mass is 10.0. The van der Waals surface area contributed by atoms with Crippen molar-refractivity contribution in [2.24, 2.45) is 0 Å². The second kappa shape index (κ2) is 6.35. The van der Waals surface area contributed by atoms with E-state index in [-0.39, 0.29) is 12.1 Å². The van der Waals surface area contributed by atoms with Crippen LogP contribution < -0.4 is 5.32 Å². The first-order valence-corrected chi connectivity index (χ1v) is 7.15. The second-order valence-corrected chi connectivity index (χ2v) is 5.55. The molecule has 2 N–H and O–H groups in total. The van der Waals surface area contributed by atoms with Crippen LogP contribution in [-0.4, -0.2) is 17.3 Å². The molecule has 2 rings (SSSR count). The van der Waals surface area contributed by atoms with Crippen LogP contribution in [0.2, 0.25) is 0 Å². The average molecular weight is 247 g/mol. The number of aliphatic hydroxyl groups excluding tert-OH is 1. The summed E-state index contributed by atoms with van der Waals surface area (Å²) in [6, 6.07) is 6.72. The van der Waals surface area contributed by atoms with Crippen molar-refractivity contribution in [1.29, 1.82) is 0 Å². The van der Waals surface area contributed by atoms with Gasteiger partial charge in [0.1, 0.15) is 0 Å². The maximum atomic E-state index is 10.1. The topological polar surface area (TPSA) is 32.3 Å². The Morgan fingerprint density at radius 2 is 1.94 bits per heavy atom. The van der Waals surface area contributed by atoms with E-state index in [4.69, 9.17) is 0 Å². The number of aliphatic hydroxyl groups is 1. The van der Waals surface area contributed by atoms with Gasteiger partial charge in [0.15, 0.2) is 0 Å². The molecule has 0 saturated heterocycles. The molecular formula is C16H25NO. The minimum atomic E-state index is -0.169. The molecule has 2 heteroatoms. The molecule has 2 unspecified atom stereocenters. The zero-order valence-corrected chi connectivity index (χ0v) is 11.6. The third-order valence-corrected chi connectivity index (χ3v) is 4.25. The van der Waals surface area contributed by atoms with E-state index in [2.05, 4.69) is 37.4 Å². The highest BCUT2D eigenvalue weighted by atomic mass is 16.3. The molecule has 0 bridgehead atoms. The van der Waals surface area contributed by atoms with E-state index in [1.54, 1.807) is 0 Å². The highest BCUT2D eigenvalue weighted by molar-refractivity contribution is 5.32. The predicted octanol–water partition coefficient (Wildman–Crippen LogP) is 3.09. The molecule has 2 nitrogen and oxygen atoms in total. The zero-order valence-electron chi connectivity index (χ0n) is 11.6. The summed E-state index contributed by atoms with van der Waals surface area (Å²) in [4.78, 5) is 0. The summed E-state index contributed by atoms with van der Waals surface area (Å²) in [7, 11) is 0. The van der Waals surface area contributed by atoms with Crippen LogP contribution in [0.1, 0.15) is 48.8 Å². The summed E-state index contributed by atoms with van der Waals surface area (Å²) >= 11 is 0. The van der Waals surface area contributed by atoms with Crippen LogP contribution in [0.5, 0.6) is 0 Å². The van der Waals surface area contributed by atoms with Gasteiger partial charge in [0.25, 0.3) is 0 Å². The molecule has 0 heterocycles. The van der Waals surface area contributed by atoms with Crippen LogP contribution in [0.4, 0.5) is 0 Å². The highest BCUT2D eigenvalue weighted by Crippen LogP contribution is 2.19. The molecule has 18 heavy (non-hydrogen) atoms. The molecule has 0 spiro atoms. The summed E-state index contributed by atoms with van der Waals surface area (Å²) in [5, 5.41) is 13.6. The summed E-state index contributed by atoms with van der Waals surface area (Å²) in [5.41, 5.74) is 4.07. The van der Waals surface area contributed by atoms with E-state index >= 15 is 0 Å². The van der Waals surface area contributed by atoms with Gasteiger partial charge in [0, 0.05) is 12.6 Å². The fourth-order valence-corrected chi connectivity index (χ4v) is 2.77. The lowest BCUT2D eigenvalue weighted by molar-refractivity contribution is 0.119. The van der Waals surface area contributed by atoms with Gasteiger partial charge in [-0.25, -0.2) is 0 Å². The van der Waals surface area contributed by atoms with Gasteiger partial charge in [-0.3, -0.25) is 0 Å². The Morgan fingerprint density at radius 1 is 1.17 bits per heavy atom. The van der Waals surface area contributed by atoms with Gasteiger partial charge >= 0.3 is 0 Å². The van der Waals surface area contributed by atoms with Gasteiger partial charge in [-0.1, -0.05) is 37.5 Å². The monoisotopic (exact) mass is 247 g/mol. The Hall–Kier alpha value is -0.860. The van der Waals surface area contributed by atoms with Gasteiger partial charge < -0.3 is 10.4 Å². The van der Waals surface area contributed by atoms with Crippen LogP contribution in [0.25, 0.3) is 0 Å². The first-order chi connectivity index (χ1) is 8.68. The number of rotatable bonds is 3. The van der Waals surface area contributed by atoms with Crippen molar-refractivity contribution in [3.05, 3.63) is 34.9 Å². The van der Waals surface area contributed by atoms with E-state index in [1.807, 2.05) is 0 Å². The summed E-state index contributed by atoms with van der Waals surface area (Å²) in [6.45, 7) is 5.20. The average Bonchev–Trinajstić information content (AvgIpc) is 2.56. The Kier molecular flexibility index (Phi) is 4.79. The molecule has 0 radical (unpaired) electrons. The third kappa shape index (κ3) is 3.33. The van der Waals surface area contributed by atoms with E-state index < -0.39 is 0 Å². The molecule has 1 aromatic carbocycles. The van der Waals surface area contributed by atoms with E-state index in [0.29, 0.717) is 0 Å². The third-order valence-electron chi connectivity index (χ3n) is 4.25. The van der Waals surface area contributed by atoms with Crippen LogP contribution in [0.3, 0.4) is 0 Å². The number of nitrogens with one attached hydrogen (secondary N) is 1. The number of benzene rings is 1. The Bertz CT molecular complexity index is 389. The van der Waals surface area contributed by atoms with Crippen LogP contribution in [-0.2, 0) is 6.54 Å². The van der Waals surface area contributed by atoms with Gasteiger partial charge in [-0.2, -0.15) is 0 Å². The van der Waals surface area contributed by atoms with Crippen molar-refractivity contribution >= 4 is 0 Å². The first kappa shape index (κ1) is 13.6.